The topological polar surface area (TPSA) is 58.4 Å². The van der Waals surface area contributed by atoms with E-state index >= 15 is 0 Å². The smallest absolute Gasteiger partial charge is 0.282 e. The molecule has 5 nitrogen and oxygen atoms in total. The summed E-state index contributed by atoms with van der Waals surface area (Å²) in [6.07, 6.45) is 7.25. The fraction of sp³-hybridized carbons (Fsp3) is 0.533. The Balaban J connectivity index is 1.25. The van der Waals surface area contributed by atoms with E-state index in [9.17, 15) is 9.90 Å². The van der Waals surface area contributed by atoms with E-state index in [4.69, 9.17) is 11.6 Å². The Hall–Kier alpha value is -2.21. The van der Waals surface area contributed by atoms with Gasteiger partial charge in [-0.2, -0.15) is 4.98 Å². The summed E-state index contributed by atoms with van der Waals surface area (Å²) < 4.78 is 2.17. The Labute approximate surface area is 218 Å². The fourth-order valence-corrected chi connectivity index (χ4v) is 7.19. The van der Waals surface area contributed by atoms with Crippen molar-refractivity contribution in [2.24, 2.45) is 11.8 Å². The molecule has 1 saturated heterocycles. The molecule has 1 saturated carbocycles. The molecule has 2 aliphatic heterocycles. The number of halogens is 1. The van der Waals surface area contributed by atoms with Gasteiger partial charge in [0.05, 0.1) is 27.0 Å². The summed E-state index contributed by atoms with van der Waals surface area (Å²) in [4.78, 5) is 20.1. The lowest BCUT2D eigenvalue weighted by Crippen LogP contribution is -2.37. The standard InChI is InChI=1S/C30H36ClN3O2/c1-30(2)23-11-10-22(21-12-14-33(15-13-21)17-19-6-8-20(18-35)9-7-19)16-26(23)34-25-5-3-4-24(31)27(25)28(36)32-29(30)34/h3-5,10-11,16,19-21,35H,6-9,12-15,17-18H2,1-2H3. The van der Waals surface area contributed by atoms with Crippen molar-refractivity contribution < 1.29 is 5.11 Å². The summed E-state index contributed by atoms with van der Waals surface area (Å²) in [5, 5.41) is 10.4. The number of benzene rings is 2. The van der Waals surface area contributed by atoms with Gasteiger partial charge in [0, 0.05) is 13.2 Å². The SMILES string of the molecule is CC1(C)c2ccc(C3CCN(CC4CCC(CO)CC4)CC3)cc2-n2c1nc(=O)c1c(Cl)cccc12. The maximum atomic E-state index is 12.9. The minimum Gasteiger partial charge on any atom is -0.396 e. The van der Waals surface area contributed by atoms with Crippen molar-refractivity contribution >= 4 is 22.5 Å². The number of aliphatic hydroxyl groups is 1. The minimum atomic E-state index is -0.345. The minimum absolute atomic E-state index is 0.250. The first-order chi connectivity index (χ1) is 17.4. The van der Waals surface area contributed by atoms with E-state index in [-0.39, 0.29) is 11.0 Å². The van der Waals surface area contributed by atoms with E-state index in [1.807, 2.05) is 12.1 Å². The summed E-state index contributed by atoms with van der Waals surface area (Å²) in [6.45, 7) is 8.17. The van der Waals surface area contributed by atoms with Crippen molar-refractivity contribution in [2.75, 3.05) is 26.2 Å². The molecule has 190 valence electrons. The number of likely N-dealkylation sites (tertiary alicyclic amines) is 1. The van der Waals surface area contributed by atoms with E-state index in [1.54, 1.807) is 6.07 Å². The molecular weight excluding hydrogens is 470 g/mol. The lowest BCUT2D eigenvalue weighted by Gasteiger charge is -2.36. The quantitative estimate of drug-likeness (QED) is 0.497. The number of piperidine rings is 1. The van der Waals surface area contributed by atoms with E-state index in [0.29, 0.717) is 28.9 Å². The summed E-state index contributed by atoms with van der Waals surface area (Å²) in [5.74, 6) is 2.66. The Bertz CT molecular complexity index is 1350. The summed E-state index contributed by atoms with van der Waals surface area (Å²) >= 11 is 6.44. The maximum Gasteiger partial charge on any atom is 0.282 e. The highest BCUT2D eigenvalue weighted by molar-refractivity contribution is 6.35. The molecule has 6 rings (SSSR count). The summed E-state index contributed by atoms with van der Waals surface area (Å²) in [6, 6.07) is 12.6. The van der Waals surface area contributed by atoms with Crippen molar-refractivity contribution in [3.8, 4) is 5.69 Å². The van der Waals surface area contributed by atoms with Crippen LogP contribution in [0.2, 0.25) is 5.02 Å². The lowest BCUT2D eigenvalue weighted by atomic mass is 9.81. The van der Waals surface area contributed by atoms with Gasteiger partial charge < -0.3 is 10.0 Å². The van der Waals surface area contributed by atoms with E-state index in [0.717, 1.165) is 36.0 Å². The average Bonchev–Trinajstić information content (AvgIpc) is 3.11. The molecular formula is C30H36ClN3O2. The molecule has 3 aliphatic rings. The van der Waals surface area contributed by atoms with Gasteiger partial charge in [0.1, 0.15) is 5.82 Å². The number of hydrogen-bond acceptors (Lipinski definition) is 4. The molecule has 3 heterocycles. The van der Waals surface area contributed by atoms with Crippen molar-refractivity contribution in [1.82, 2.24) is 14.5 Å². The number of rotatable bonds is 4. The Morgan fingerprint density at radius 1 is 1.03 bits per heavy atom. The van der Waals surface area contributed by atoms with Gasteiger partial charge in [0.25, 0.3) is 5.56 Å². The van der Waals surface area contributed by atoms with Crippen LogP contribution in [-0.4, -0.2) is 45.8 Å². The monoisotopic (exact) mass is 505 g/mol. The molecule has 0 spiro atoms. The highest BCUT2D eigenvalue weighted by Crippen LogP contribution is 2.44. The van der Waals surface area contributed by atoms with Crippen LogP contribution in [0.1, 0.15) is 75.2 Å². The number of nitrogens with zero attached hydrogens (tertiary/aromatic N) is 3. The van der Waals surface area contributed by atoms with Gasteiger partial charge in [-0.25, -0.2) is 0 Å². The number of aliphatic hydroxyl groups excluding tert-OH is 1. The highest BCUT2D eigenvalue weighted by atomic mass is 35.5. The summed E-state index contributed by atoms with van der Waals surface area (Å²) in [7, 11) is 0. The molecule has 0 bridgehead atoms. The van der Waals surface area contributed by atoms with Crippen LogP contribution >= 0.6 is 11.6 Å². The average molecular weight is 506 g/mol. The van der Waals surface area contributed by atoms with E-state index in [2.05, 4.69) is 46.5 Å². The lowest BCUT2D eigenvalue weighted by molar-refractivity contribution is 0.127. The normalized spacial score (nSPS) is 24.1. The predicted octanol–water partition coefficient (Wildman–Crippen LogP) is 5.66. The predicted molar refractivity (Wildman–Crippen MR) is 145 cm³/mol. The molecule has 6 heteroatoms. The molecule has 0 unspecified atom stereocenters. The van der Waals surface area contributed by atoms with Gasteiger partial charge >= 0.3 is 0 Å². The van der Waals surface area contributed by atoms with E-state index in [1.165, 1.54) is 56.2 Å². The van der Waals surface area contributed by atoms with Gasteiger partial charge in [-0.3, -0.25) is 9.36 Å². The zero-order valence-corrected chi connectivity index (χ0v) is 22.1. The van der Waals surface area contributed by atoms with Crippen molar-refractivity contribution in [1.29, 1.82) is 0 Å². The fourth-order valence-electron chi connectivity index (χ4n) is 6.94. The molecule has 2 fully saturated rings. The molecule has 0 radical (unpaired) electrons. The molecule has 1 N–H and O–H groups in total. The first kappa shape index (κ1) is 24.1. The van der Waals surface area contributed by atoms with Crippen molar-refractivity contribution in [3.63, 3.8) is 0 Å². The third-order valence-electron chi connectivity index (χ3n) is 9.16. The summed E-state index contributed by atoms with van der Waals surface area (Å²) in [5.41, 5.74) is 3.97. The second-order valence-corrected chi connectivity index (χ2v) is 12.2. The second kappa shape index (κ2) is 9.27. The second-order valence-electron chi connectivity index (χ2n) is 11.8. The largest absolute Gasteiger partial charge is 0.396 e. The van der Waals surface area contributed by atoms with Crippen LogP contribution in [0.4, 0.5) is 0 Å². The third-order valence-corrected chi connectivity index (χ3v) is 9.48. The Kier molecular flexibility index (Phi) is 6.22. The molecule has 0 amide bonds. The zero-order valence-electron chi connectivity index (χ0n) is 21.3. The highest BCUT2D eigenvalue weighted by Gasteiger charge is 2.39. The van der Waals surface area contributed by atoms with E-state index < -0.39 is 0 Å². The van der Waals surface area contributed by atoms with Crippen LogP contribution in [0.25, 0.3) is 16.6 Å². The van der Waals surface area contributed by atoms with Crippen LogP contribution in [0.3, 0.4) is 0 Å². The van der Waals surface area contributed by atoms with Crippen LogP contribution < -0.4 is 5.56 Å². The molecule has 1 aromatic heterocycles. The van der Waals surface area contributed by atoms with Crippen molar-refractivity contribution in [3.05, 3.63) is 68.7 Å². The van der Waals surface area contributed by atoms with Crippen LogP contribution in [0, 0.1) is 11.8 Å². The number of aromatic nitrogens is 2. The Morgan fingerprint density at radius 3 is 2.47 bits per heavy atom. The van der Waals surface area contributed by atoms with Crippen LogP contribution in [-0.2, 0) is 5.41 Å². The number of fused-ring (bicyclic) bond motifs is 5. The Morgan fingerprint density at radius 2 is 1.75 bits per heavy atom. The molecule has 2 aromatic carbocycles. The molecule has 0 atom stereocenters. The zero-order chi connectivity index (χ0) is 25.0. The van der Waals surface area contributed by atoms with Gasteiger partial charge in [-0.15, -0.1) is 0 Å². The van der Waals surface area contributed by atoms with Gasteiger partial charge in [-0.1, -0.05) is 29.8 Å². The first-order valence-electron chi connectivity index (χ1n) is 13.6. The van der Waals surface area contributed by atoms with Crippen LogP contribution in [0.5, 0.6) is 0 Å². The maximum absolute atomic E-state index is 12.9. The van der Waals surface area contributed by atoms with Gasteiger partial charge in [-0.05, 0) is 113 Å². The van der Waals surface area contributed by atoms with Crippen LogP contribution in [0.15, 0.2) is 41.2 Å². The first-order valence-corrected chi connectivity index (χ1v) is 13.9. The molecule has 3 aromatic rings. The third kappa shape index (κ3) is 4.00. The molecule has 1 aliphatic carbocycles. The van der Waals surface area contributed by atoms with Gasteiger partial charge in [0.2, 0.25) is 0 Å². The molecule has 36 heavy (non-hydrogen) atoms. The number of hydrogen-bond donors (Lipinski definition) is 1. The van der Waals surface area contributed by atoms with Crippen molar-refractivity contribution in [2.45, 2.75) is 63.7 Å². The van der Waals surface area contributed by atoms with Gasteiger partial charge in [0.15, 0.2) is 0 Å².